The van der Waals surface area contributed by atoms with E-state index in [1.54, 1.807) is 13.0 Å². The van der Waals surface area contributed by atoms with Gasteiger partial charge in [0, 0.05) is 5.41 Å². The lowest BCUT2D eigenvalue weighted by Crippen LogP contribution is -2.62. The number of oxazole rings is 1. The van der Waals surface area contributed by atoms with Gasteiger partial charge in [-0.2, -0.15) is 0 Å². The summed E-state index contributed by atoms with van der Waals surface area (Å²) in [6.07, 6.45) is 6.41. The lowest BCUT2D eigenvalue weighted by Gasteiger charge is -2.57. The highest BCUT2D eigenvalue weighted by atomic mass is 16.4. The van der Waals surface area contributed by atoms with E-state index in [9.17, 15) is 15.3 Å². The Bertz CT molecular complexity index is 785. The minimum absolute atomic E-state index is 0.193. The molecule has 1 heterocycles. The topological polar surface area (TPSA) is 86.7 Å². The second kappa shape index (κ2) is 5.32. The van der Waals surface area contributed by atoms with Crippen LogP contribution in [0.5, 0.6) is 5.75 Å². The van der Waals surface area contributed by atoms with Crippen molar-refractivity contribution in [1.29, 1.82) is 0 Å². The molecule has 0 aliphatic heterocycles. The number of rotatable bonds is 2. The van der Waals surface area contributed by atoms with Crippen LogP contribution in [0.15, 0.2) is 35.1 Å². The average Bonchev–Trinajstić information content (AvgIpc) is 3.10. The van der Waals surface area contributed by atoms with Crippen LogP contribution in [0.3, 0.4) is 0 Å². The van der Waals surface area contributed by atoms with Crippen LogP contribution in [-0.2, 0) is 17.4 Å². The molecule has 4 unspecified atom stereocenters. The third-order valence-corrected chi connectivity index (χ3v) is 6.68. The van der Waals surface area contributed by atoms with Crippen LogP contribution in [0.25, 0.3) is 0 Å². The highest BCUT2D eigenvalue weighted by Gasteiger charge is 2.62. The van der Waals surface area contributed by atoms with Crippen LogP contribution in [0.4, 0.5) is 0 Å². The number of benzene rings is 1. The van der Waals surface area contributed by atoms with E-state index in [2.05, 4.69) is 11.9 Å². The van der Waals surface area contributed by atoms with Crippen LogP contribution in [0, 0.1) is 5.92 Å². The van der Waals surface area contributed by atoms with E-state index in [0.717, 1.165) is 24.8 Å². The molecule has 0 spiro atoms. The fraction of sp³-hybridized carbons (Fsp3) is 0.550. The molecule has 2 aromatic rings. The first-order valence-electron chi connectivity index (χ1n) is 8.99. The quantitative estimate of drug-likeness (QED) is 0.780. The molecule has 0 saturated heterocycles. The lowest BCUT2D eigenvalue weighted by molar-refractivity contribution is -0.215. The van der Waals surface area contributed by atoms with Gasteiger partial charge in [0.25, 0.3) is 0 Å². The first kappa shape index (κ1) is 16.6. The molecule has 3 N–H and O–H groups in total. The molecule has 5 heteroatoms. The Morgan fingerprint density at radius 1 is 1.32 bits per heavy atom. The standard InChI is InChI=1S/C20H25NO4/c1-3-19-12-18(2,23)20(24,17-21-8-9-25-17)11-14(19)5-4-13-10-15(22)6-7-16(13)19/h6-10,14,22-24H,3-5,11-12H2,1-2H3. The Morgan fingerprint density at radius 3 is 2.80 bits per heavy atom. The zero-order valence-electron chi connectivity index (χ0n) is 14.7. The molecular formula is C20H25NO4. The van der Waals surface area contributed by atoms with E-state index < -0.39 is 11.2 Å². The SMILES string of the molecule is CCC12CC(C)(O)C(O)(c3ncco3)CC1CCc1cc(O)ccc12. The second-order valence-electron chi connectivity index (χ2n) is 7.94. The van der Waals surface area contributed by atoms with Gasteiger partial charge in [-0.25, -0.2) is 4.98 Å². The van der Waals surface area contributed by atoms with Crippen LogP contribution in [0.1, 0.15) is 56.5 Å². The number of aromatic hydroxyl groups is 1. The number of hydrogen-bond donors (Lipinski definition) is 3. The monoisotopic (exact) mass is 343 g/mol. The largest absolute Gasteiger partial charge is 0.508 e. The molecule has 4 atom stereocenters. The number of phenolic OH excluding ortho intramolecular Hbond substituents is 1. The number of nitrogens with zero attached hydrogens (tertiary/aromatic N) is 1. The summed E-state index contributed by atoms with van der Waals surface area (Å²) in [6, 6.07) is 5.56. The molecule has 1 aromatic carbocycles. The summed E-state index contributed by atoms with van der Waals surface area (Å²) < 4.78 is 5.39. The molecule has 0 radical (unpaired) electrons. The van der Waals surface area contributed by atoms with Crippen molar-refractivity contribution in [2.75, 3.05) is 0 Å². The number of aliphatic hydroxyl groups is 2. The smallest absolute Gasteiger partial charge is 0.229 e. The van der Waals surface area contributed by atoms with Crippen molar-refractivity contribution in [3.05, 3.63) is 47.7 Å². The van der Waals surface area contributed by atoms with Gasteiger partial charge < -0.3 is 19.7 Å². The maximum Gasteiger partial charge on any atom is 0.229 e. The third kappa shape index (κ3) is 2.19. The zero-order valence-corrected chi connectivity index (χ0v) is 14.7. The van der Waals surface area contributed by atoms with Crippen molar-refractivity contribution in [2.24, 2.45) is 5.92 Å². The van der Waals surface area contributed by atoms with Crippen molar-refractivity contribution in [2.45, 2.75) is 62.6 Å². The molecule has 25 heavy (non-hydrogen) atoms. The van der Waals surface area contributed by atoms with Gasteiger partial charge in [0.15, 0.2) is 5.60 Å². The van der Waals surface area contributed by atoms with Crippen molar-refractivity contribution >= 4 is 0 Å². The molecule has 1 aromatic heterocycles. The van der Waals surface area contributed by atoms with E-state index in [-0.39, 0.29) is 23.0 Å². The summed E-state index contributed by atoms with van der Waals surface area (Å²) in [5, 5.41) is 32.5. The summed E-state index contributed by atoms with van der Waals surface area (Å²) in [4.78, 5) is 4.14. The third-order valence-electron chi connectivity index (χ3n) is 6.68. The summed E-state index contributed by atoms with van der Waals surface area (Å²) in [5.41, 5.74) is -0.733. The Morgan fingerprint density at radius 2 is 2.12 bits per heavy atom. The Kier molecular flexibility index (Phi) is 3.54. The van der Waals surface area contributed by atoms with E-state index >= 15 is 0 Å². The molecule has 2 aliphatic rings. The fourth-order valence-corrected chi connectivity index (χ4v) is 5.32. The van der Waals surface area contributed by atoms with Gasteiger partial charge in [-0.1, -0.05) is 13.0 Å². The molecule has 0 bridgehead atoms. The lowest BCUT2D eigenvalue weighted by atomic mass is 9.49. The van der Waals surface area contributed by atoms with Gasteiger partial charge in [-0.3, -0.25) is 0 Å². The van der Waals surface area contributed by atoms with Crippen molar-refractivity contribution in [3.63, 3.8) is 0 Å². The van der Waals surface area contributed by atoms with E-state index in [0.29, 0.717) is 12.8 Å². The van der Waals surface area contributed by atoms with Gasteiger partial charge in [0.1, 0.15) is 17.6 Å². The minimum atomic E-state index is -1.49. The van der Waals surface area contributed by atoms with Crippen molar-refractivity contribution < 1.29 is 19.7 Å². The van der Waals surface area contributed by atoms with Crippen molar-refractivity contribution in [1.82, 2.24) is 4.98 Å². The molecule has 5 nitrogen and oxygen atoms in total. The predicted molar refractivity (Wildman–Crippen MR) is 92.1 cm³/mol. The molecular weight excluding hydrogens is 318 g/mol. The predicted octanol–water partition coefficient (Wildman–Crippen LogP) is 3.02. The van der Waals surface area contributed by atoms with Crippen molar-refractivity contribution in [3.8, 4) is 5.75 Å². The normalized spacial score (nSPS) is 37.4. The molecule has 1 fully saturated rings. The van der Waals surface area contributed by atoms with E-state index in [4.69, 9.17) is 4.42 Å². The Hall–Kier alpha value is -1.85. The first-order chi connectivity index (χ1) is 11.8. The number of hydrogen-bond acceptors (Lipinski definition) is 5. The number of phenols is 1. The zero-order chi connectivity index (χ0) is 17.9. The molecule has 4 rings (SSSR count). The molecule has 2 aliphatic carbocycles. The number of fused-ring (bicyclic) bond motifs is 3. The molecule has 1 saturated carbocycles. The van der Waals surface area contributed by atoms with Gasteiger partial charge in [-0.15, -0.1) is 0 Å². The average molecular weight is 343 g/mol. The summed E-state index contributed by atoms with van der Waals surface area (Å²) in [7, 11) is 0. The van der Waals surface area contributed by atoms with E-state index in [1.807, 2.05) is 12.1 Å². The fourth-order valence-electron chi connectivity index (χ4n) is 5.32. The number of aromatic nitrogens is 1. The van der Waals surface area contributed by atoms with Gasteiger partial charge in [0.2, 0.25) is 5.89 Å². The summed E-state index contributed by atoms with van der Waals surface area (Å²) in [5.74, 6) is 0.688. The Balaban J connectivity index is 1.83. The molecule has 0 amide bonds. The van der Waals surface area contributed by atoms with Crippen LogP contribution in [-0.4, -0.2) is 25.9 Å². The summed E-state index contributed by atoms with van der Waals surface area (Å²) >= 11 is 0. The van der Waals surface area contributed by atoms with E-state index in [1.165, 1.54) is 18.0 Å². The maximum absolute atomic E-state index is 11.4. The van der Waals surface area contributed by atoms with Crippen LogP contribution >= 0.6 is 0 Å². The Labute approximate surface area is 147 Å². The maximum atomic E-state index is 11.4. The molecule has 134 valence electrons. The van der Waals surface area contributed by atoms with Gasteiger partial charge in [0.05, 0.1) is 6.20 Å². The van der Waals surface area contributed by atoms with Gasteiger partial charge in [-0.05, 0) is 68.2 Å². The highest BCUT2D eigenvalue weighted by molar-refractivity contribution is 5.44. The van der Waals surface area contributed by atoms with Crippen LogP contribution < -0.4 is 0 Å². The number of aryl methyl sites for hydroxylation is 1. The van der Waals surface area contributed by atoms with Gasteiger partial charge >= 0.3 is 0 Å². The second-order valence-corrected chi connectivity index (χ2v) is 7.94. The van der Waals surface area contributed by atoms with Crippen LogP contribution in [0.2, 0.25) is 0 Å². The summed E-state index contributed by atoms with van der Waals surface area (Å²) in [6.45, 7) is 3.82. The minimum Gasteiger partial charge on any atom is -0.508 e. The first-order valence-corrected chi connectivity index (χ1v) is 8.99. The highest BCUT2D eigenvalue weighted by Crippen LogP contribution is 2.59.